The van der Waals surface area contributed by atoms with E-state index in [9.17, 15) is 34.2 Å². The number of aliphatic hydroxyl groups is 2. The standard InChI is InChI=1S/C24H35N5O7/c1-4-15-22(34)29-20(13(3)31)24(36)26-16(5-2)21(33)28-18(12-30)23(35)27-17(11-19(32)25-15)14-9-7-6-8-10-14/h6-10,13,15-18,20,30-31H,4-5,11-12H2,1-3H3,(H,25,32)(H,26,36)(H,27,35)(H,28,33)(H,29,34)/t13-,15+,16+,17-,18+,20-/m1/s1. The molecule has 1 aliphatic rings. The molecular formula is C24H35N5O7. The van der Waals surface area contributed by atoms with Gasteiger partial charge in [-0.05, 0) is 25.3 Å². The van der Waals surface area contributed by atoms with E-state index >= 15 is 0 Å². The molecule has 0 spiro atoms. The average molecular weight is 506 g/mol. The lowest BCUT2D eigenvalue weighted by Gasteiger charge is -2.28. The highest BCUT2D eigenvalue weighted by Gasteiger charge is 2.33. The molecule has 1 saturated heterocycles. The van der Waals surface area contributed by atoms with E-state index in [1.807, 2.05) is 0 Å². The summed E-state index contributed by atoms with van der Waals surface area (Å²) in [7, 11) is 0. The van der Waals surface area contributed by atoms with Gasteiger partial charge in [0.05, 0.1) is 25.2 Å². The molecule has 6 atom stereocenters. The van der Waals surface area contributed by atoms with Gasteiger partial charge in [0.1, 0.15) is 24.2 Å². The van der Waals surface area contributed by atoms with Crippen LogP contribution < -0.4 is 26.6 Å². The summed E-state index contributed by atoms with van der Waals surface area (Å²) in [6.45, 7) is 3.88. The fraction of sp³-hybridized carbons (Fsp3) is 0.542. The van der Waals surface area contributed by atoms with Crippen molar-refractivity contribution in [1.82, 2.24) is 26.6 Å². The van der Waals surface area contributed by atoms with Crippen molar-refractivity contribution < 1.29 is 34.2 Å². The Hall–Kier alpha value is -3.51. The lowest BCUT2D eigenvalue weighted by atomic mass is 10.0. The Kier molecular flexibility index (Phi) is 10.8. The summed E-state index contributed by atoms with van der Waals surface area (Å²) in [6.07, 6.45) is -1.21. The van der Waals surface area contributed by atoms with Gasteiger partial charge in [0, 0.05) is 0 Å². The summed E-state index contributed by atoms with van der Waals surface area (Å²) in [4.78, 5) is 64.3. The third-order valence-corrected chi connectivity index (χ3v) is 5.89. The Balaban J connectivity index is 2.44. The van der Waals surface area contributed by atoms with Gasteiger partial charge in [0.15, 0.2) is 0 Å². The van der Waals surface area contributed by atoms with Crippen molar-refractivity contribution in [2.75, 3.05) is 6.61 Å². The zero-order valence-corrected chi connectivity index (χ0v) is 20.6. The minimum absolute atomic E-state index is 0.137. The predicted octanol–water partition coefficient (Wildman–Crippen LogP) is -1.62. The van der Waals surface area contributed by atoms with Crippen LogP contribution in [0.3, 0.4) is 0 Å². The SMILES string of the molecule is CC[C@@H]1NC(=O)C[C@H](c2ccccc2)NC(=O)[C@H](CO)NC(=O)[C@H](CC)NC(=O)[C@@H]([C@@H](C)O)NC1=O. The van der Waals surface area contributed by atoms with Crippen molar-refractivity contribution in [3.63, 3.8) is 0 Å². The van der Waals surface area contributed by atoms with Gasteiger partial charge in [0.2, 0.25) is 29.5 Å². The van der Waals surface area contributed by atoms with Crippen LogP contribution in [0.1, 0.15) is 51.6 Å². The third-order valence-electron chi connectivity index (χ3n) is 5.89. The Bertz CT molecular complexity index is 940. The topological polar surface area (TPSA) is 186 Å². The fourth-order valence-corrected chi connectivity index (χ4v) is 3.74. The minimum atomic E-state index is -1.40. The van der Waals surface area contributed by atoms with Crippen LogP contribution in [0, 0.1) is 0 Å². The summed E-state index contributed by atoms with van der Waals surface area (Å²) in [5.74, 6) is -3.51. The minimum Gasteiger partial charge on any atom is -0.394 e. The van der Waals surface area contributed by atoms with E-state index in [-0.39, 0.29) is 19.3 Å². The van der Waals surface area contributed by atoms with E-state index in [0.717, 1.165) is 0 Å². The Morgan fingerprint density at radius 3 is 1.86 bits per heavy atom. The van der Waals surface area contributed by atoms with Gasteiger partial charge in [-0.15, -0.1) is 0 Å². The van der Waals surface area contributed by atoms with Crippen LogP contribution in [0.4, 0.5) is 0 Å². The van der Waals surface area contributed by atoms with E-state index in [1.54, 1.807) is 44.2 Å². The summed E-state index contributed by atoms with van der Waals surface area (Å²) >= 11 is 0. The maximum atomic E-state index is 12.9. The van der Waals surface area contributed by atoms with E-state index in [2.05, 4.69) is 26.6 Å². The fourth-order valence-electron chi connectivity index (χ4n) is 3.74. The maximum Gasteiger partial charge on any atom is 0.245 e. The second-order valence-electron chi connectivity index (χ2n) is 8.64. The largest absolute Gasteiger partial charge is 0.394 e. The molecule has 7 N–H and O–H groups in total. The van der Waals surface area contributed by atoms with Gasteiger partial charge in [0.25, 0.3) is 0 Å². The molecule has 0 bridgehead atoms. The highest BCUT2D eigenvalue weighted by Crippen LogP contribution is 2.17. The molecule has 1 heterocycles. The van der Waals surface area contributed by atoms with Crippen LogP contribution in [-0.4, -0.2) is 76.6 Å². The molecule has 36 heavy (non-hydrogen) atoms. The highest BCUT2D eigenvalue weighted by atomic mass is 16.3. The van der Waals surface area contributed by atoms with Crippen LogP contribution >= 0.6 is 0 Å². The first-order valence-electron chi connectivity index (χ1n) is 12.0. The molecule has 5 amide bonds. The zero-order chi connectivity index (χ0) is 26.8. The van der Waals surface area contributed by atoms with E-state index < -0.39 is 72.5 Å². The Labute approximate surface area is 209 Å². The van der Waals surface area contributed by atoms with Crippen molar-refractivity contribution in [2.24, 2.45) is 0 Å². The number of carbonyl (C=O) groups excluding carboxylic acids is 5. The summed E-state index contributed by atoms with van der Waals surface area (Å²) in [6, 6.07) is 2.99. The van der Waals surface area contributed by atoms with Gasteiger partial charge in [-0.3, -0.25) is 24.0 Å². The van der Waals surface area contributed by atoms with Crippen molar-refractivity contribution in [3.05, 3.63) is 35.9 Å². The van der Waals surface area contributed by atoms with Crippen LogP contribution in [0.15, 0.2) is 30.3 Å². The summed E-state index contributed by atoms with van der Waals surface area (Å²) in [5.41, 5.74) is 0.607. The molecule has 12 nitrogen and oxygen atoms in total. The maximum absolute atomic E-state index is 12.9. The molecule has 1 fully saturated rings. The summed E-state index contributed by atoms with van der Waals surface area (Å²) in [5, 5.41) is 32.5. The number of amides is 5. The lowest BCUT2D eigenvalue weighted by Crippen LogP contribution is -2.61. The third kappa shape index (κ3) is 7.75. The molecule has 1 aromatic rings. The number of rotatable bonds is 5. The second-order valence-corrected chi connectivity index (χ2v) is 8.64. The van der Waals surface area contributed by atoms with Gasteiger partial charge in [-0.25, -0.2) is 0 Å². The monoisotopic (exact) mass is 505 g/mol. The van der Waals surface area contributed by atoms with Crippen LogP contribution in [0.2, 0.25) is 0 Å². The zero-order valence-electron chi connectivity index (χ0n) is 20.6. The van der Waals surface area contributed by atoms with Gasteiger partial charge >= 0.3 is 0 Å². The molecule has 0 unspecified atom stereocenters. The second kappa shape index (κ2) is 13.5. The molecule has 0 saturated carbocycles. The number of nitrogens with one attached hydrogen (secondary N) is 5. The Morgan fingerprint density at radius 2 is 1.31 bits per heavy atom. The van der Waals surface area contributed by atoms with E-state index in [0.29, 0.717) is 5.56 Å². The first-order chi connectivity index (χ1) is 17.1. The highest BCUT2D eigenvalue weighted by molar-refractivity contribution is 5.96. The van der Waals surface area contributed by atoms with Gasteiger partial charge in [-0.2, -0.15) is 0 Å². The van der Waals surface area contributed by atoms with E-state index in [4.69, 9.17) is 0 Å². The van der Waals surface area contributed by atoms with Crippen molar-refractivity contribution in [2.45, 2.75) is 76.3 Å². The molecular weight excluding hydrogens is 470 g/mol. The van der Waals surface area contributed by atoms with Crippen LogP contribution in [0.25, 0.3) is 0 Å². The van der Waals surface area contributed by atoms with Gasteiger partial charge < -0.3 is 36.8 Å². The molecule has 198 valence electrons. The van der Waals surface area contributed by atoms with Crippen molar-refractivity contribution in [1.29, 1.82) is 0 Å². The predicted molar refractivity (Wildman–Crippen MR) is 129 cm³/mol. The summed E-state index contributed by atoms with van der Waals surface area (Å²) < 4.78 is 0. The average Bonchev–Trinajstić information content (AvgIpc) is 2.86. The number of hydrogen-bond donors (Lipinski definition) is 7. The van der Waals surface area contributed by atoms with Crippen LogP contribution in [0.5, 0.6) is 0 Å². The number of hydrogen-bond acceptors (Lipinski definition) is 7. The molecule has 1 aliphatic heterocycles. The van der Waals surface area contributed by atoms with Gasteiger partial charge in [-0.1, -0.05) is 44.2 Å². The van der Waals surface area contributed by atoms with Crippen molar-refractivity contribution >= 4 is 29.5 Å². The molecule has 2 rings (SSSR count). The Morgan fingerprint density at radius 1 is 0.778 bits per heavy atom. The lowest BCUT2D eigenvalue weighted by molar-refractivity contribution is -0.137. The molecule has 1 aromatic carbocycles. The molecule has 12 heteroatoms. The number of carbonyl (C=O) groups is 5. The molecule has 0 radical (unpaired) electrons. The first kappa shape index (κ1) is 28.7. The van der Waals surface area contributed by atoms with E-state index in [1.165, 1.54) is 6.92 Å². The van der Waals surface area contributed by atoms with Crippen molar-refractivity contribution in [3.8, 4) is 0 Å². The molecule has 0 aromatic heterocycles. The van der Waals surface area contributed by atoms with Crippen LogP contribution in [-0.2, 0) is 24.0 Å². The number of aliphatic hydroxyl groups excluding tert-OH is 2. The normalized spacial score (nSPS) is 27.7. The first-order valence-corrected chi connectivity index (χ1v) is 12.0. The number of benzene rings is 1. The smallest absolute Gasteiger partial charge is 0.245 e. The molecule has 0 aliphatic carbocycles. The quantitative estimate of drug-likeness (QED) is 0.250.